The summed E-state index contributed by atoms with van der Waals surface area (Å²) in [5.41, 5.74) is 2.19. The summed E-state index contributed by atoms with van der Waals surface area (Å²) >= 11 is 6.10. The van der Waals surface area contributed by atoms with Crippen molar-refractivity contribution >= 4 is 29.2 Å². The normalized spacial score (nSPS) is 14.9. The Hall–Kier alpha value is -3.65. The molecule has 0 aliphatic heterocycles. The molecule has 0 fully saturated rings. The molecule has 8 nitrogen and oxygen atoms in total. The minimum atomic E-state index is -0.427. The van der Waals surface area contributed by atoms with Gasteiger partial charge in [-0.25, -0.2) is 9.97 Å². The highest BCUT2D eigenvalue weighted by atomic mass is 35.5. The molecule has 1 N–H and O–H groups in total. The fourth-order valence-electron chi connectivity index (χ4n) is 3.89. The van der Waals surface area contributed by atoms with Gasteiger partial charge in [0.15, 0.2) is 17.3 Å². The number of halogens is 1. The third kappa shape index (κ3) is 4.47. The third-order valence-electron chi connectivity index (χ3n) is 5.54. The van der Waals surface area contributed by atoms with E-state index in [-0.39, 0.29) is 17.6 Å². The van der Waals surface area contributed by atoms with E-state index in [0.29, 0.717) is 51.9 Å². The number of benzene rings is 2. The van der Waals surface area contributed by atoms with E-state index in [4.69, 9.17) is 25.8 Å². The second-order valence-corrected chi connectivity index (χ2v) is 7.88. The summed E-state index contributed by atoms with van der Waals surface area (Å²) < 4.78 is 16.3. The van der Waals surface area contributed by atoms with Gasteiger partial charge in [-0.05, 0) is 42.2 Å². The molecule has 1 atom stereocenters. The maximum atomic E-state index is 12.8. The highest BCUT2D eigenvalue weighted by Gasteiger charge is 2.30. The number of amides is 1. The second-order valence-electron chi connectivity index (χ2n) is 7.47. The molecule has 3 aromatic rings. The average Bonchev–Trinajstić information content (AvgIpc) is 2.82. The van der Waals surface area contributed by atoms with Crippen LogP contribution < -0.4 is 19.5 Å². The quantitative estimate of drug-likeness (QED) is 0.576. The minimum Gasteiger partial charge on any atom is -0.493 e. The Morgan fingerprint density at radius 2 is 1.76 bits per heavy atom. The van der Waals surface area contributed by atoms with Crippen LogP contribution in [0.4, 0.5) is 5.95 Å². The highest BCUT2D eigenvalue weighted by molar-refractivity contribution is 6.34. The van der Waals surface area contributed by atoms with Gasteiger partial charge in [0.05, 0.1) is 43.2 Å². The van der Waals surface area contributed by atoms with Gasteiger partial charge in [0.1, 0.15) is 0 Å². The Morgan fingerprint density at radius 1 is 1.06 bits per heavy atom. The van der Waals surface area contributed by atoms with Crippen molar-refractivity contribution in [3.63, 3.8) is 0 Å². The number of rotatable bonds is 6. The summed E-state index contributed by atoms with van der Waals surface area (Å²) in [5.74, 6) is 0.972. The van der Waals surface area contributed by atoms with Crippen LogP contribution in [-0.4, -0.2) is 43.0 Å². The van der Waals surface area contributed by atoms with Gasteiger partial charge in [0.2, 0.25) is 11.7 Å². The molecule has 1 aromatic heterocycles. The van der Waals surface area contributed by atoms with Crippen molar-refractivity contribution in [2.24, 2.45) is 0 Å². The number of ketones is 1. The van der Waals surface area contributed by atoms with Gasteiger partial charge < -0.3 is 14.2 Å². The molecule has 170 valence electrons. The number of Topliss-reactive ketones (excluding diaryl/α,β-unsaturated/α-hetero) is 1. The smallest absolute Gasteiger partial charge is 0.259 e. The molecule has 33 heavy (non-hydrogen) atoms. The van der Waals surface area contributed by atoms with Crippen molar-refractivity contribution in [2.75, 3.05) is 26.6 Å². The van der Waals surface area contributed by atoms with E-state index in [1.807, 2.05) is 12.1 Å². The van der Waals surface area contributed by atoms with E-state index >= 15 is 0 Å². The van der Waals surface area contributed by atoms with Crippen LogP contribution in [0.5, 0.6) is 17.2 Å². The Morgan fingerprint density at radius 3 is 2.39 bits per heavy atom. The van der Waals surface area contributed by atoms with Crippen LogP contribution in [-0.2, 0) is 6.42 Å². The number of aromatic nitrogens is 2. The SMILES string of the molecule is COc1cc([C@H]2CC(=O)c3cnc(NC(=O)c4ccccc4Cl)nc3C2)cc(OC)c1OC. The molecule has 1 aliphatic rings. The molecule has 0 saturated heterocycles. The largest absolute Gasteiger partial charge is 0.493 e. The minimum absolute atomic E-state index is 0.0704. The molecule has 0 unspecified atom stereocenters. The fraction of sp³-hybridized carbons (Fsp3) is 0.250. The van der Waals surface area contributed by atoms with Crippen LogP contribution in [0.2, 0.25) is 5.02 Å². The maximum Gasteiger partial charge on any atom is 0.259 e. The lowest BCUT2D eigenvalue weighted by Crippen LogP contribution is -2.22. The van der Waals surface area contributed by atoms with E-state index in [9.17, 15) is 9.59 Å². The topological polar surface area (TPSA) is 99.6 Å². The van der Waals surface area contributed by atoms with Gasteiger partial charge in [-0.2, -0.15) is 0 Å². The summed E-state index contributed by atoms with van der Waals surface area (Å²) in [4.78, 5) is 34.0. The number of nitrogens with one attached hydrogen (secondary N) is 1. The summed E-state index contributed by atoms with van der Waals surface area (Å²) in [5, 5.41) is 2.98. The molecule has 0 spiro atoms. The molecule has 1 heterocycles. The first-order valence-corrected chi connectivity index (χ1v) is 10.6. The molecular formula is C24H22ClN3O5. The monoisotopic (exact) mass is 467 g/mol. The standard InChI is InChI=1S/C24H22ClN3O5/c1-31-20-10-14(11-21(32-2)22(20)33-3)13-8-18-16(19(29)9-13)12-26-24(27-18)28-23(30)15-6-4-5-7-17(15)25/h4-7,10-13H,8-9H2,1-3H3,(H,26,27,28,30)/t13-/m1/s1. The van der Waals surface area contributed by atoms with Crippen molar-refractivity contribution in [2.45, 2.75) is 18.8 Å². The molecule has 0 bridgehead atoms. The van der Waals surface area contributed by atoms with Crippen molar-refractivity contribution < 1.29 is 23.8 Å². The van der Waals surface area contributed by atoms with Gasteiger partial charge in [-0.3, -0.25) is 14.9 Å². The van der Waals surface area contributed by atoms with Gasteiger partial charge in [0, 0.05) is 12.6 Å². The predicted molar refractivity (Wildman–Crippen MR) is 123 cm³/mol. The van der Waals surface area contributed by atoms with Gasteiger partial charge in [0.25, 0.3) is 5.91 Å². The first-order chi connectivity index (χ1) is 15.9. The van der Waals surface area contributed by atoms with Crippen LogP contribution in [0, 0.1) is 0 Å². The van der Waals surface area contributed by atoms with E-state index in [1.54, 1.807) is 38.5 Å². The van der Waals surface area contributed by atoms with Gasteiger partial charge in [-0.15, -0.1) is 0 Å². The molecule has 2 aromatic carbocycles. The first-order valence-electron chi connectivity index (χ1n) is 10.2. The highest BCUT2D eigenvalue weighted by Crippen LogP contribution is 2.42. The number of hydrogen-bond donors (Lipinski definition) is 1. The molecule has 4 rings (SSSR count). The van der Waals surface area contributed by atoms with Crippen molar-refractivity contribution in [3.8, 4) is 17.2 Å². The van der Waals surface area contributed by atoms with E-state index < -0.39 is 5.91 Å². The molecule has 0 saturated carbocycles. The third-order valence-corrected chi connectivity index (χ3v) is 5.87. The van der Waals surface area contributed by atoms with Crippen molar-refractivity contribution in [3.05, 3.63) is 70.0 Å². The number of carbonyl (C=O) groups excluding carboxylic acids is 2. The Balaban J connectivity index is 1.63. The molecule has 1 amide bonds. The number of ether oxygens (including phenoxy) is 3. The summed E-state index contributed by atoms with van der Waals surface area (Å²) in [7, 11) is 4.63. The molecule has 9 heteroatoms. The van der Waals surface area contributed by atoms with Gasteiger partial charge in [-0.1, -0.05) is 23.7 Å². The Labute approximate surface area is 195 Å². The predicted octanol–water partition coefficient (Wildman–Crippen LogP) is 4.32. The first kappa shape index (κ1) is 22.5. The van der Waals surface area contributed by atoms with Crippen molar-refractivity contribution in [1.82, 2.24) is 9.97 Å². The van der Waals surface area contributed by atoms with Crippen molar-refractivity contribution in [1.29, 1.82) is 0 Å². The summed E-state index contributed by atoms with van der Waals surface area (Å²) in [6, 6.07) is 10.4. The molecular weight excluding hydrogens is 446 g/mol. The molecule has 1 aliphatic carbocycles. The zero-order valence-corrected chi connectivity index (χ0v) is 19.1. The summed E-state index contributed by atoms with van der Waals surface area (Å²) in [6.07, 6.45) is 2.23. The average molecular weight is 468 g/mol. The van der Waals surface area contributed by atoms with Crippen LogP contribution in [0.3, 0.4) is 0 Å². The van der Waals surface area contributed by atoms with E-state index in [0.717, 1.165) is 5.56 Å². The Kier molecular flexibility index (Phi) is 6.46. The number of carbonyl (C=O) groups is 2. The van der Waals surface area contributed by atoms with Crippen LogP contribution in [0.15, 0.2) is 42.6 Å². The van der Waals surface area contributed by atoms with E-state index in [1.165, 1.54) is 13.3 Å². The zero-order valence-electron chi connectivity index (χ0n) is 18.3. The number of methoxy groups -OCH3 is 3. The van der Waals surface area contributed by atoms with Crippen LogP contribution >= 0.6 is 11.6 Å². The number of anilines is 1. The van der Waals surface area contributed by atoms with Gasteiger partial charge >= 0.3 is 0 Å². The van der Waals surface area contributed by atoms with Crippen LogP contribution in [0.25, 0.3) is 0 Å². The number of hydrogen-bond acceptors (Lipinski definition) is 7. The number of fused-ring (bicyclic) bond motifs is 1. The van der Waals surface area contributed by atoms with Crippen LogP contribution in [0.1, 0.15) is 44.3 Å². The fourth-order valence-corrected chi connectivity index (χ4v) is 4.11. The number of nitrogens with zero attached hydrogens (tertiary/aromatic N) is 2. The lowest BCUT2D eigenvalue weighted by molar-refractivity contribution is 0.0962. The zero-order chi connectivity index (χ0) is 23.5. The lowest BCUT2D eigenvalue weighted by atomic mass is 9.82. The molecule has 0 radical (unpaired) electrons. The summed E-state index contributed by atoms with van der Waals surface area (Å²) in [6.45, 7) is 0. The Bertz CT molecular complexity index is 1210. The maximum absolute atomic E-state index is 12.8. The second kappa shape index (κ2) is 9.46. The van der Waals surface area contributed by atoms with E-state index in [2.05, 4.69) is 15.3 Å². The lowest BCUT2D eigenvalue weighted by Gasteiger charge is -2.24.